The van der Waals surface area contributed by atoms with Gasteiger partial charge in [-0.1, -0.05) is 69.0 Å². The van der Waals surface area contributed by atoms with E-state index in [9.17, 15) is 23.1 Å². The van der Waals surface area contributed by atoms with E-state index in [0.29, 0.717) is 16.8 Å². The first kappa shape index (κ1) is 27.2. The standard InChI is InChI=1S/C27H32ClN3O5S/c1-16(2)25(27(33)34)30-24(32)15-20-19-10-6-7-11-22(19)29-26(20)17-12-13-21(28)23(14-17)37(35,36)31-18-8-4-3-5-9-18/h6-7,10-14,16,18,25,29,31H,3-5,8-9,15H2,1-2H3,(H,30,32)(H,33,34)/t25-/m1/s1. The van der Waals surface area contributed by atoms with Crippen LogP contribution in [0, 0.1) is 5.92 Å². The number of aromatic amines is 1. The Morgan fingerprint density at radius 1 is 1.11 bits per heavy atom. The molecule has 0 spiro atoms. The number of nitrogens with one attached hydrogen (secondary N) is 3. The molecule has 10 heteroatoms. The van der Waals surface area contributed by atoms with Crippen molar-refractivity contribution < 1.29 is 23.1 Å². The van der Waals surface area contributed by atoms with Crippen LogP contribution >= 0.6 is 11.6 Å². The summed E-state index contributed by atoms with van der Waals surface area (Å²) in [5, 5.41) is 13.0. The lowest BCUT2D eigenvalue weighted by Gasteiger charge is -2.23. The third-order valence-corrected chi connectivity index (χ3v) is 8.84. The normalized spacial score (nSPS) is 15.7. The number of para-hydroxylation sites is 1. The molecule has 0 bridgehead atoms. The summed E-state index contributed by atoms with van der Waals surface area (Å²) in [5.74, 6) is -1.82. The first-order chi connectivity index (χ1) is 17.6. The molecule has 4 N–H and O–H groups in total. The van der Waals surface area contributed by atoms with Crippen LogP contribution in [0.3, 0.4) is 0 Å². The summed E-state index contributed by atoms with van der Waals surface area (Å²) >= 11 is 6.36. The van der Waals surface area contributed by atoms with Crippen molar-refractivity contribution in [2.45, 2.75) is 69.4 Å². The van der Waals surface area contributed by atoms with Crippen molar-refractivity contribution in [2.24, 2.45) is 5.92 Å². The number of carboxylic acid groups (broad SMARTS) is 1. The molecule has 1 amide bonds. The largest absolute Gasteiger partial charge is 0.480 e. The van der Waals surface area contributed by atoms with Crippen LogP contribution in [-0.2, 0) is 26.0 Å². The molecule has 2 aromatic carbocycles. The van der Waals surface area contributed by atoms with Crippen LogP contribution in [0.2, 0.25) is 5.02 Å². The Morgan fingerprint density at radius 2 is 1.81 bits per heavy atom. The number of carboxylic acids is 1. The highest BCUT2D eigenvalue weighted by Gasteiger charge is 2.27. The van der Waals surface area contributed by atoms with Gasteiger partial charge in [0.1, 0.15) is 10.9 Å². The van der Waals surface area contributed by atoms with E-state index in [0.717, 1.165) is 43.0 Å². The number of carbonyl (C=O) groups is 2. The Kier molecular flexibility index (Phi) is 8.26. The van der Waals surface area contributed by atoms with Gasteiger partial charge in [0.25, 0.3) is 0 Å². The predicted octanol–water partition coefficient (Wildman–Crippen LogP) is 4.87. The highest BCUT2D eigenvalue weighted by atomic mass is 35.5. The van der Waals surface area contributed by atoms with E-state index in [2.05, 4.69) is 15.0 Å². The van der Waals surface area contributed by atoms with Gasteiger partial charge in [-0.2, -0.15) is 0 Å². The Labute approximate surface area is 221 Å². The summed E-state index contributed by atoms with van der Waals surface area (Å²) in [6.45, 7) is 3.46. The predicted molar refractivity (Wildman–Crippen MR) is 144 cm³/mol. The number of H-pyrrole nitrogens is 1. The maximum Gasteiger partial charge on any atom is 0.326 e. The van der Waals surface area contributed by atoms with Crippen LogP contribution in [0.15, 0.2) is 47.4 Å². The molecule has 4 rings (SSSR count). The maximum absolute atomic E-state index is 13.3. The number of rotatable bonds is 9. The number of halogens is 1. The van der Waals surface area contributed by atoms with Gasteiger partial charge in [0.2, 0.25) is 15.9 Å². The lowest BCUT2D eigenvalue weighted by Crippen LogP contribution is -2.44. The second-order valence-electron chi connectivity index (χ2n) is 9.93. The van der Waals surface area contributed by atoms with Crippen molar-refractivity contribution in [3.05, 3.63) is 53.1 Å². The van der Waals surface area contributed by atoms with Gasteiger partial charge >= 0.3 is 5.97 Å². The number of aliphatic carboxylic acids is 1. The first-order valence-electron chi connectivity index (χ1n) is 12.5. The van der Waals surface area contributed by atoms with Gasteiger partial charge in [-0.05, 0) is 48.1 Å². The molecular weight excluding hydrogens is 514 g/mol. The molecule has 1 fully saturated rings. The van der Waals surface area contributed by atoms with Crippen LogP contribution in [0.5, 0.6) is 0 Å². The third kappa shape index (κ3) is 6.17. The average Bonchev–Trinajstić information content (AvgIpc) is 3.21. The highest BCUT2D eigenvalue weighted by Crippen LogP contribution is 2.34. The van der Waals surface area contributed by atoms with Gasteiger partial charge in [-0.15, -0.1) is 0 Å². The summed E-state index contributed by atoms with van der Waals surface area (Å²) < 4.78 is 29.3. The fraction of sp³-hybridized carbons (Fsp3) is 0.407. The molecule has 1 saturated carbocycles. The number of hydrogen-bond donors (Lipinski definition) is 4. The number of aromatic nitrogens is 1. The SMILES string of the molecule is CC(C)[C@@H](NC(=O)Cc1c(-c2ccc(Cl)c(S(=O)(=O)NC3CCCCC3)c2)[nH]c2ccccc12)C(=O)O. The molecule has 0 saturated heterocycles. The Bertz CT molecular complexity index is 1410. The van der Waals surface area contributed by atoms with Crippen LogP contribution in [0.1, 0.15) is 51.5 Å². The summed E-state index contributed by atoms with van der Waals surface area (Å²) in [5.41, 5.74) is 2.56. The molecule has 0 radical (unpaired) electrons. The fourth-order valence-electron chi connectivity index (χ4n) is 4.90. The average molecular weight is 546 g/mol. The molecule has 8 nitrogen and oxygen atoms in total. The minimum absolute atomic E-state index is 0.0166. The lowest BCUT2D eigenvalue weighted by atomic mass is 9.96. The Balaban J connectivity index is 1.71. The van der Waals surface area contributed by atoms with Crippen LogP contribution in [0.4, 0.5) is 0 Å². The molecule has 1 aliphatic rings. The maximum atomic E-state index is 13.3. The Hall–Kier alpha value is -2.88. The molecule has 3 aromatic rings. The number of benzene rings is 2. The van der Waals surface area contributed by atoms with Gasteiger partial charge in [-0.25, -0.2) is 17.9 Å². The van der Waals surface area contributed by atoms with E-state index < -0.39 is 27.9 Å². The van der Waals surface area contributed by atoms with E-state index in [-0.39, 0.29) is 28.3 Å². The van der Waals surface area contributed by atoms with Gasteiger partial charge in [0.05, 0.1) is 17.1 Å². The minimum Gasteiger partial charge on any atom is -0.480 e. The zero-order valence-electron chi connectivity index (χ0n) is 20.9. The van der Waals surface area contributed by atoms with Crippen LogP contribution < -0.4 is 10.0 Å². The van der Waals surface area contributed by atoms with Gasteiger partial charge in [0, 0.05) is 16.9 Å². The molecule has 0 unspecified atom stereocenters. The van der Waals surface area contributed by atoms with Crippen molar-refractivity contribution in [3.8, 4) is 11.3 Å². The van der Waals surface area contributed by atoms with Gasteiger partial charge in [-0.3, -0.25) is 4.79 Å². The Morgan fingerprint density at radius 3 is 2.49 bits per heavy atom. The fourth-order valence-corrected chi connectivity index (χ4v) is 6.73. The van der Waals surface area contributed by atoms with E-state index in [1.54, 1.807) is 26.0 Å². The number of carbonyl (C=O) groups excluding carboxylic acids is 1. The van der Waals surface area contributed by atoms with Gasteiger partial charge < -0.3 is 15.4 Å². The van der Waals surface area contributed by atoms with Gasteiger partial charge in [0.15, 0.2) is 0 Å². The van der Waals surface area contributed by atoms with Crippen molar-refractivity contribution >= 4 is 44.4 Å². The lowest BCUT2D eigenvalue weighted by molar-refractivity contribution is -0.143. The number of amides is 1. The van der Waals surface area contributed by atoms with E-state index in [4.69, 9.17) is 11.6 Å². The molecule has 37 heavy (non-hydrogen) atoms. The second-order valence-corrected chi connectivity index (χ2v) is 12.0. The topological polar surface area (TPSA) is 128 Å². The number of hydrogen-bond acceptors (Lipinski definition) is 4. The zero-order valence-corrected chi connectivity index (χ0v) is 22.5. The smallest absolute Gasteiger partial charge is 0.326 e. The molecule has 0 aliphatic heterocycles. The first-order valence-corrected chi connectivity index (χ1v) is 14.4. The summed E-state index contributed by atoms with van der Waals surface area (Å²) in [4.78, 5) is 27.8. The summed E-state index contributed by atoms with van der Waals surface area (Å²) in [7, 11) is -3.86. The molecular formula is C27H32ClN3O5S. The molecule has 198 valence electrons. The third-order valence-electron chi connectivity index (χ3n) is 6.84. The van der Waals surface area contributed by atoms with Crippen LogP contribution in [0.25, 0.3) is 22.2 Å². The van der Waals surface area contributed by atoms with Crippen molar-refractivity contribution in [1.29, 1.82) is 0 Å². The molecule has 1 aliphatic carbocycles. The van der Waals surface area contributed by atoms with E-state index in [1.807, 2.05) is 24.3 Å². The monoisotopic (exact) mass is 545 g/mol. The minimum atomic E-state index is -3.86. The summed E-state index contributed by atoms with van der Waals surface area (Å²) in [6.07, 6.45) is 4.59. The molecule has 1 heterocycles. The van der Waals surface area contributed by atoms with E-state index >= 15 is 0 Å². The summed E-state index contributed by atoms with van der Waals surface area (Å²) in [6, 6.07) is 11.1. The van der Waals surface area contributed by atoms with Crippen LogP contribution in [-0.4, -0.2) is 42.5 Å². The van der Waals surface area contributed by atoms with Crippen molar-refractivity contribution in [1.82, 2.24) is 15.0 Å². The van der Waals surface area contributed by atoms with E-state index in [1.165, 1.54) is 6.07 Å². The molecule has 1 atom stereocenters. The highest BCUT2D eigenvalue weighted by molar-refractivity contribution is 7.89. The second kappa shape index (κ2) is 11.2. The number of fused-ring (bicyclic) bond motifs is 1. The quantitative estimate of drug-likeness (QED) is 0.305. The zero-order chi connectivity index (χ0) is 26.7. The molecule has 1 aromatic heterocycles. The van der Waals surface area contributed by atoms with Crippen molar-refractivity contribution in [2.75, 3.05) is 0 Å². The van der Waals surface area contributed by atoms with Crippen molar-refractivity contribution in [3.63, 3.8) is 0 Å². The number of sulfonamides is 1.